The standard InChI is InChI=1S/C12H17N.C5H10.2ClH.W/c1-8(2)10-6-5-7-11(9(3)4)12(10)13;1-5(2,3)4;;;/h5-9H,1-4H3;1H,2-4H3;2*1H;/q;;;;+2/p-2. The second-order valence-electron chi connectivity index (χ2n) is 7.15. The molecule has 0 saturated heterocycles. The predicted octanol–water partition coefficient (Wildman–Crippen LogP) is 7.06. The summed E-state index contributed by atoms with van der Waals surface area (Å²) in [6.45, 7) is 15.1. The summed E-state index contributed by atoms with van der Waals surface area (Å²) in [5.74, 6) is 0.819. The maximum absolute atomic E-state index is 6.66. The van der Waals surface area contributed by atoms with Gasteiger partial charge in [-0.2, -0.15) is 0 Å². The van der Waals surface area contributed by atoms with E-state index in [9.17, 15) is 0 Å². The van der Waals surface area contributed by atoms with Gasteiger partial charge in [-0.1, -0.05) is 0 Å². The third-order valence-electron chi connectivity index (χ3n) is 3.05. The van der Waals surface area contributed by atoms with Crippen LogP contribution in [0.5, 0.6) is 0 Å². The number of hydrogen-bond donors (Lipinski definition) is 0. The molecular formula is C17H27Cl2NW. The first-order valence-electron chi connectivity index (χ1n) is 7.37. The van der Waals surface area contributed by atoms with Gasteiger partial charge in [0.25, 0.3) is 0 Å². The van der Waals surface area contributed by atoms with Gasteiger partial charge in [0.15, 0.2) is 0 Å². The van der Waals surface area contributed by atoms with Crippen LogP contribution in [0.25, 0.3) is 0 Å². The fraction of sp³-hybridized carbons (Fsp3) is 0.588. The SMILES string of the molecule is CC(C)c1cccc(C(C)C)c1[N]=[W]([Cl])([Cl])=[CH]C(C)(C)C. The molecule has 0 aliphatic rings. The van der Waals surface area contributed by atoms with E-state index in [4.69, 9.17) is 22.3 Å². The second kappa shape index (κ2) is 7.15. The normalized spacial score (nSPS) is 12.9. The Bertz CT molecular complexity index is 582. The number of hydrogen-bond acceptors (Lipinski definition) is 1. The molecule has 0 aliphatic carbocycles. The van der Waals surface area contributed by atoms with Crippen molar-refractivity contribution in [3.8, 4) is 0 Å². The summed E-state index contributed by atoms with van der Waals surface area (Å²) in [5, 5.41) is 0. The summed E-state index contributed by atoms with van der Waals surface area (Å²) in [7, 11) is 13.3. The molecule has 0 spiro atoms. The maximum atomic E-state index is 6.66. The molecule has 21 heavy (non-hydrogen) atoms. The average Bonchev–Trinajstić information content (AvgIpc) is 2.24. The van der Waals surface area contributed by atoms with Crippen LogP contribution in [0, 0.1) is 5.41 Å². The van der Waals surface area contributed by atoms with E-state index in [1.807, 2.05) is 0 Å². The van der Waals surface area contributed by atoms with Crippen LogP contribution in [0.4, 0.5) is 5.69 Å². The Morgan fingerprint density at radius 2 is 1.43 bits per heavy atom. The van der Waals surface area contributed by atoms with Crippen LogP contribution in [0.3, 0.4) is 0 Å². The van der Waals surface area contributed by atoms with Crippen molar-refractivity contribution >= 4 is 28.9 Å². The van der Waals surface area contributed by atoms with Crippen molar-refractivity contribution in [2.45, 2.75) is 60.3 Å². The van der Waals surface area contributed by atoms with Crippen LogP contribution in [-0.4, -0.2) is 4.40 Å². The minimum atomic E-state index is -3.58. The Hall–Kier alpha value is 0.158. The van der Waals surface area contributed by atoms with Gasteiger partial charge in [0.05, 0.1) is 0 Å². The van der Waals surface area contributed by atoms with Crippen LogP contribution in [0.1, 0.15) is 71.4 Å². The first-order valence-corrected chi connectivity index (χ1v) is 17.6. The van der Waals surface area contributed by atoms with Gasteiger partial charge in [-0.15, -0.1) is 0 Å². The molecule has 0 heterocycles. The molecule has 4 heteroatoms. The summed E-state index contributed by atoms with van der Waals surface area (Å²) in [5.41, 5.74) is 3.51. The molecule has 0 bridgehead atoms. The summed E-state index contributed by atoms with van der Waals surface area (Å²) in [6, 6.07) is 6.39. The molecule has 1 aromatic rings. The molecule has 120 valence electrons. The molecule has 0 fully saturated rings. The van der Waals surface area contributed by atoms with Crippen molar-refractivity contribution in [2.75, 3.05) is 0 Å². The molecule has 0 saturated carbocycles. The number of benzene rings is 1. The van der Waals surface area contributed by atoms with E-state index in [0.717, 1.165) is 5.69 Å². The summed E-state index contributed by atoms with van der Waals surface area (Å²) in [6.07, 6.45) is 0. The van der Waals surface area contributed by atoms with Gasteiger partial charge >= 0.3 is 141 Å². The van der Waals surface area contributed by atoms with E-state index in [0.29, 0.717) is 11.8 Å². The molecule has 0 N–H and O–H groups in total. The van der Waals surface area contributed by atoms with E-state index in [1.54, 1.807) is 0 Å². The third-order valence-corrected chi connectivity index (χ3v) is 10.7. The van der Waals surface area contributed by atoms with E-state index in [-0.39, 0.29) is 5.41 Å². The zero-order valence-electron chi connectivity index (χ0n) is 14.1. The Balaban J connectivity index is 3.66. The predicted molar refractivity (Wildman–Crippen MR) is 93.9 cm³/mol. The zero-order valence-corrected chi connectivity index (χ0v) is 18.5. The van der Waals surface area contributed by atoms with Gasteiger partial charge in [-0.3, -0.25) is 0 Å². The van der Waals surface area contributed by atoms with Crippen LogP contribution in [-0.2, 0) is 13.3 Å². The Morgan fingerprint density at radius 1 is 1.00 bits per heavy atom. The van der Waals surface area contributed by atoms with Crippen molar-refractivity contribution in [1.29, 1.82) is 0 Å². The van der Waals surface area contributed by atoms with E-state index in [2.05, 4.69) is 71.1 Å². The van der Waals surface area contributed by atoms with Gasteiger partial charge in [0.2, 0.25) is 0 Å². The molecule has 0 atom stereocenters. The fourth-order valence-corrected chi connectivity index (χ4v) is 12.6. The topological polar surface area (TPSA) is 12.4 Å². The molecule has 0 unspecified atom stereocenters. The molecule has 0 amide bonds. The van der Waals surface area contributed by atoms with Crippen molar-refractivity contribution < 1.29 is 13.3 Å². The van der Waals surface area contributed by atoms with Crippen LogP contribution in [0.2, 0.25) is 0 Å². The Morgan fingerprint density at radius 3 is 1.76 bits per heavy atom. The summed E-state index contributed by atoms with van der Waals surface area (Å²) >= 11 is -3.58. The number of rotatable bonds is 3. The molecular weight excluding hydrogens is 473 g/mol. The third kappa shape index (κ3) is 6.05. The minimum absolute atomic E-state index is 0.00684. The van der Waals surface area contributed by atoms with Gasteiger partial charge in [-0.25, -0.2) is 0 Å². The van der Waals surface area contributed by atoms with Crippen LogP contribution in [0.15, 0.2) is 21.7 Å². The quantitative estimate of drug-likeness (QED) is 0.422. The fourth-order valence-electron chi connectivity index (χ4n) is 2.19. The average molecular weight is 500 g/mol. The van der Waals surface area contributed by atoms with Gasteiger partial charge < -0.3 is 0 Å². The van der Waals surface area contributed by atoms with E-state index >= 15 is 0 Å². The van der Waals surface area contributed by atoms with Crippen LogP contribution >= 0.6 is 18.8 Å². The molecule has 0 aromatic heterocycles. The molecule has 1 aromatic carbocycles. The zero-order chi connectivity index (χ0) is 16.4. The van der Waals surface area contributed by atoms with Gasteiger partial charge in [-0.05, 0) is 0 Å². The molecule has 0 aliphatic heterocycles. The van der Waals surface area contributed by atoms with Crippen molar-refractivity contribution in [1.82, 2.24) is 0 Å². The van der Waals surface area contributed by atoms with E-state index in [1.165, 1.54) is 11.1 Å². The Kier molecular flexibility index (Phi) is 6.54. The second-order valence-corrected chi connectivity index (χ2v) is 21.1. The number of nitrogens with zero attached hydrogens (tertiary/aromatic N) is 1. The van der Waals surface area contributed by atoms with Gasteiger partial charge in [0, 0.05) is 0 Å². The number of halogens is 2. The van der Waals surface area contributed by atoms with E-state index < -0.39 is 13.3 Å². The van der Waals surface area contributed by atoms with Crippen molar-refractivity contribution in [3.63, 3.8) is 0 Å². The van der Waals surface area contributed by atoms with Crippen molar-refractivity contribution in [3.05, 3.63) is 29.3 Å². The first-order chi connectivity index (χ1) is 9.43. The van der Waals surface area contributed by atoms with Gasteiger partial charge in [0.1, 0.15) is 0 Å². The molecule has 1 nitrogen and oxygen atoms in total. The van der Waals surface area contributed by atoms with Crippen LogP contribution < -0.4 is 0 Å². The summed E-state index contributed by atoms with van der Waals surface area (Å²) < 4.78 is 6.99. The monoisotopic (exact) mass is 499 g/mol. The van der Waals surface area contributed by atoms with Crippen molar-refractivity contribution in [2.24, 2.45) is 8.91 Å². The molecule has 1 rings (SSSR count). The first kappa shape index (κ1) is 19.2. The summed E-state index contributed by atoms with van der Waals surface area (Å²) in [4.78, 5) is 0. The molecule has 0 radical (unpaired) electrons. The Labute approximate surface area is 140 Å².